The Morgan fingerprint density at radius 2 is 2.11 bits per heavy atom. The Kier molecular flexibility index (Phi) is 4.15. The summed E-state index contributed by atoms with van der Waals surface area (Å²) in [5, 5.41) is 2.05. The van der Waals surface area contributed by atoms with Gasteiger partial charge in [0.25, 0.3) is 0 Å². The van der Waals surface area contributed by atoms with E-state index in [4.69, 9.17) is 17.3 Å². The van der Waals surface area contributed by atoms with Crippen molar-refractivity contribution in [2.24, 2.45) is 0 Å². The van der Waals surface area contributed by atoms with Crippen molar-refractivity contribution in [2.75, 3.05) is 12.8 Å². The fourth-order valence-electron chi connectivity index (χ4n) is 1.60. The molecule has 0 aliphatic carbocycles. The molecular weight excluding hydrogens is 304 g/mol. The van der Waals surface area contributed by atoms with Crippen molar-refractivity contribution in [3.8, 4) is 0 Å². The maximum Gasteiger partial charge on any atom is 0.244 e. The van der Waals surface area contributed by atoms with Gasteiger partial charge >= 0.3 is 0 Å². The summed E-state index contributed by atoms with van der Waals surface area (Å²) in [5.41, 5.74) is 6.00. The van der Waals surface area contributed by atoms with Crippen molar-refractivity contribution in [2.45, 2.75) is 11.4 Å². The van der Waals surface area contributed by atoms with E-state index in [1.165, 1.54) is 40.9 Å². The van der Waals surface area contributed by atoms with Crippen molar-refractivity contribution in [1.82, 2.24) is 4.31 Å². The topological polar surface area (TPSA) is 63.4 Å². The van der Waals surface area contributed by atoms with Gasteiger partial charge in [0.05, 0.1) is 5.02 Å². The van der Waals surface area contributed by atoms with Crippen LogP contribution < -0.4 is 5.73 Å². The Labute approximate surface area is 121 Å². The van der Waals surface area contributed by atoms with Crippen LogP contribution in [-0.4, -0.2) is 19.8 Å². The summed E-state index contributed by atoms with van der Waals surface area (Å²) in [5.74, 6) is 0. The van der Waals surface area contributed by atoms with Crippen LogP contribution >= 0.6 is 22.9 Å². The highest BCUT2D eigenvalue weighted by molar-refractivity contribution is 7.89. The van der Waals surface area contributed by atoms with E-state index in [9.17, 15) is 8.42 Å². The third kappa shape index (κ3) is 3.09. The minimum Gasteiger partial charge on any atom is -0.399 e. The van der Waals surface area contributed by atoms with E-state index in [1.54, 1.807) is 0 Å². The predicted octanol–water partition coefficient (Wildman–Crippen LogP) is 2.80. The number of hydrogen-bond donors (Lipinski definition) is 1. The second-order valence-corrected chi connectivity index (χ2v) is 7.48. The molecule has 4 nitrogen and oxygen atoms in total. The summed E-state index contributed by atoms with van der Waals surface area (Å²) >= 11 is 7.47. The van der Waals surface area contributed by atoms with Crippen LogP contribution in [0.5, 0.6) is 0 Å². The number of nitrogens with zero attached hydrogens (tertiary/aromatic N) is 1. The van der Waals surface area contributed by atoms with Crippen LogP contribution in [0.1, 0.15) is 4.88 Å². The summed E-state index contributed by atoms with van der Waals surface area (Å²) in [4.78, 5) is 1.04. The van der Waals surface area contributed by atoms with Gasteiger partial charge in [0, 0.05) is 24.2 Å². The lowest BCUT2D eigenvalue weighted by Crippen LogP contribution is -2.26. The number of rotatable bonds is 4. The average molecular weight is 317 g/mol. The van der Waals surface area contributed by atoms with Crippen LogP contribution in [0.15, 0.2) is 40.6 Å². The first kappa shape index (κ1) is 14.3. The molecule has 1 heterocycles. The van der Waals surface area contributed by atoms with Crippen LogP contribution in [0.25, 0.3) is 0 Å². The number of anilines is 1. The van der Waals surface area contributed by atoms with Crippen LogP contribution in [0.3, 0.4) is 0 Å². The van der Waals surface area contributed by atoms with Crippen molar-refractivity contribution >= 4 is 38.6 Å². The molecule has 7 heteroatoms. The lowest BCUT2D eigenvalue weighted by Gasteiger charge is -2.17. The molecule has 0 aliphatic rings. The maximum absolute atomic E-state index is 12.4. The number of sulfonamides is 1. The second kappa shape index (κ2) is 5.50. The molecular formula is C12H13ClN2O2S2. The lowest BCUT2D eigenvalue weighted by molar-refractivity contribution is 0.470. The first-order valence-corrected chi connectivity index (χ1v) is 8.15. The van der Waals surface area contributed by atoms with E-state index in [1.807, 2.05) is 17.5 Å². The predicted molar refractivity (Wildman–Crippen MR) is 78.8 cm³/mol. The fraction of sp³-hybridized carbons (Fsp3) is 0.167. The highest BCUT2D eigenvalue weighted by atomic mass is 35.5. The molecule has 2 N–H and O–H groups in total. The fourth-order valence-corrected chi connectivity index (χ4v) is 4.11. The van der Waals surface area contributed by atoms with E-state index in [-0.39, 0.29) is 9.92 Å². The Balaban J connectivity index is 2.31. The molecule has 0 unspecified atom stereocenters. The maximum atomic E-state index is 12.4. The van der Waals surface area contributed by atoms with Gasteiger partial charge in [0.1, 0.15) is 4.90 Å². The van der Waals surface area contributed by atoms with Crippen LogP contribution in [0, 0.1) is 0 Å². The number of nitrogen functional groups attached to an aromatic ring is 1. The van der Waals surface area contributed by atoms with E-state index < -0.39 is 10.0 Å². The first-order valence-electron chi connectivity index (χ1n) is 5.45. The van der Waals surface area contributed by atoms with Crippen LogP contribution in [-0.2, 0) is 16.6 Å². The monoisotopic (exact) mass is 316 g/mol. The van der Waals surface area contributed by atoms with Gasteiger partial charge in [-0.15, -0.1) is 11.3 Å². The van der Waals surface area contributed by atoms with Gasteiger partial charge < -0.3 is 5.73 Å². The molecule has 19 heavy (non-hydrogen) atoms. The molecule has 102 valence electrons. The Hall–Kier alpha value is -1.08. The van der Waals surface area contributed by atoms with Gasteiger partial charge in [0.2, 0.25) is 10.0 Å². The van der Waals surface area contributed by atoms with Crippen LogP contribution in [0.4, 0.5) is 5.69 Å². The zero-order valence-electron chi connectivity index (χ0n) is 10.2. The Morgan fingerprint density at radius 3 is 2.68 bits per heavy atom. The Morgan fingerprint density at radius 1 is 1.37 bits per heavy atom. The molecule has 0 amide bonds. The molecule has 0 spiro atoms. The standard InChI is InChI=1S/C12H13ClN2O2S2/c1-15(8-10-3-2-6-18-10)19(16,17)12-5-4-9(14)7-11(12)13/h2-7H,8,14H2,1H3. The summed E-state index contributed by atoms with van der Waals surface area (Å²) < 4.78 is 26.1. The summed E-state index contributed by atoms with van der Waals surface area (Å²) in [6.45, 7) is 0.320. The summed E-state index contributed by atoms with van der Waals surface area (Å²) in [6, 6.07) is 8.17. The number of benzene rings is 1. The highest BCUT2D eigenvalue weighted by Gasteiger charge is 2.23. The molecule has 0 bridgehead atoms. The summed E-state index contributed by atoms with van der Waals surface area (Å²) in [6.07, 6.45) is 0. The van der Waals surface area contributed by atoms with E-state index >= 15 is 0 Å². The highest BCUT2D eigenvalue weighted by Crippen LogP contribution is 2.27. The molecule has 0 radical (unpaired) electrons. The second-order valence-electron chi connectivity index (χ2n) is 4.03. The molecule has 1 aromatic carbocycles. The van der Waals surface area contributed by atoms with Crippen molar-refractivity contribution < 1.29 is 8.42 Å². The summed E-state index contributed by atoms with van der Waals surface area (Å²) in [7, 11) is -2.08. The molecule has 0 atom stereocenters. The largest absolute Gasteiger partial charge is 0.399 e. The van der Waals surface area contributed by atoms with Crippen LogP contribution in [0.2, 0.25) is 5.02 Å². The van der Waals surface area contributed by atoms with Gasteiger partial charge in [-0.25, -0.2) is 8.42 Å². The molecule has 2 aromatic rings. The van der Waals surface area contributed by atoms with Gasteiger partial charge in [-0.2, -0.15) is 4.31 Å². The van der Waals surface area contributed by atoms with Crippen molar-refractivity contribution in [1.29, 1.82) is 0 Å². The van der Waals surface area contributed by atoms with Gasteiger partial charge in [-0.05, 0) is 29.6 Å². The quantitative estimate of drug-likeness (QED) is 0.882. The zero-order valence-corrected chi connectivity index (χ0v) is 12.6. The lowest BCUT2D eigenvalue weighted by atomic mass is 10.3. The number of halogens is 1. The van der Waals surface area contributed by atoms with E-state index in [0.29, 0.717) is 12.2 Å². The minimum absolute atomic E-state index is 0.0717. The van der Waals surface area contributed by atoms with Crippen molar-refractivity contribution in [3.05, 3.63) is 45.6 Å². The minimum atomic E-state index is -3.61. The average Bonchev–Trinajstić information content (AvgIpc) is 2.81. The van der Waals surface area contributed by atoms with Gasteiger partial charge in [-0.3, -0.25) is 0 Å². The number of thiophene rings is 1. The molecule has 0 aliphatic heterocycles. The number of nitrogens with two attached hydrogens (primary N) is 1. The molecule has 0 saturated heterocycles. The smallest absolute Gasteiger partial charge is 0.244 e. The molecule has 2 rings (SSSR count). The molecule has 1 aromatic heterocycles. The van der Waals surface area contributed by atoms with E-state index in [0.717, 1.165) is 4.88 Å². The van der Waals surface area contributed by atoms with Gasteiger partial charge in [-0.1, -0.05) is 17.7 Å². The number of hydrogen-bond acceptors (Lipinski definition) is 4. The zero-order chi connectivity index (χ0) is 14.0. The Bertz CT molecular complexity index is 669. The third-order valence-corrected chi connectivity index (χ3v) is 5.75. The SMILES string of the molecule is CN(Cc1cccs1)S(=O)(=O)c1ccc(N)cc1Cl. The van der Waals surface area contributed by atoms with E-state index in [2.05, 4.69) is 0 Å². The van der Waals surface area contributed by atoms with Gasteiger partial charge in [0.15, 0.2) is 0 Å². The molecule has 0 fully saturated rings. The van der Waals surface area contributed by atoms with Crippen molar-refractivity contribution in [3.63, 3.8) is 0 Å². The normalized spacial score (nSPS) is 11.9. The third-order valence-electron chi connectivity index (χ3n) is 2.60. The molecule has 0 saturated carbocycles. The first-order chi connectivity index (χ1) is 8.91.